The van der Waals surface area contributed by atoms with Crippen molar-refractivity contribution in [2.75, 3.05) is 7.11 Å². The number of hydrogen-bond donors (Lipinski definition) is 1. The fourth-order valence-electron chi connectivity index (χ4n) is 1.36. The van der Waals surface area contributed by atoms with Gasteiger partial charge in [-0.1, -0.05) is 0 Å². The molecular formula is C14H20N2O4. The molecule has 1 aromatic rings. The van der Waals surface area contributed by atoms with Crippen LogP contribution in [0, 0.1) is 0 Å². The number of aromatic nitrogens is 1. The van der Waals surface area contributed by atoms with E-state index in [4.69, 9.17) is 9.47 Å². The highest BCUT2D eigenvalue weighted by Gasteiger charge is 2.23. The summed E-state index contributed by atoms with van der Waals surface area (Å²) >= 11 is 0. The molecule has 6 nitrogen and oxygen atoms in total. The third-order valence-corrected chi connectivity index (χ3v) is 2.32. The maximum absolute atomic E-state index is 11.9. The van der Waals surface area contributed by atoms with E-state index in [1.54, 1.807) is 39.8 Å². The van der Waals surface area contributed by atoms with E-state index >= 15 is 0 Å². The second kappa shape index (κ2) is 6.36. The Morgan fingerprint density at radius 2 is 1.95 bits per heavy atom. The minimum Gasteiger partial charge on any atom is -0.481 e. The van der Waals surface area contributed by atoms with E-state index in [9.17, 15) is 9.59 Å². The van der Waals surface area contributed by atoms with Crippen LogP contribution in [0.4, 0.5) is 0 Å². The molecule has 0 radical (unpaired) electrons. The lowest BCUT2D eigenvalue weighted by Gasteiger charge is -2.22. The Balaban J connectivity index is 2.62. The van der Waals surface area contributed by atoms with Crippen molar-refractivity contribution in [3.8, 4) is 5.88 Å². The van der Waals surface area contributed by atoms with E-state index in [1.807, 2.05) is 0 Å². The van der Waals surface area contributed by atoms with Gasteiger partial charge in [-0.15, -0.1) is 0 Å². The fraction of sp³-hybridized carbons (Fsp3) is 0.500. The topological polar surface area (TPSA) is 77.5 Å². The Hall–Kier alpha value is -2.11. The first-order valence-corrected chi connectivity index (χ1v) is 6.26. The van der Waals surface area contributed by atoms with E-state index in [-0.39, 0.29) is 0 Å². The number of rotatable bonds is 4. The number of esters is 1. The highest BCUT2D eigenvalue weighted by atomic mass is 16.6. The Labute approximate surface area is 118 Å². The Morgan fingerprint density at radius 3 is 2.40 bits per heavy atom. The predicted octanol–water partition coefficient (Wildman–Crippen LogP) is 1.55. The van der Waals surface area contributed by atoms with E-state index < -0.39 is 23.5 Å². The molecule has 1 rings (SSSR count). The van der Waals surface area contributed by atoms with Gasteiger partial charge in [-0.3, -0.25) is 4.79 Å². The number of carbonyl (C=O) groups is 2. The Kier molecular flexibility index (Phi) is 5.07. The molecule has 1 N–H and O–H groups in total. The predicted molar refractivity (Wildman–Crippen MR) is 73.6 cm³/mol. The van der Waals surface area contributed by atoms with Crippen LogP contribution in [0.1, 0.15) is 38.1 Å². The molecule has 0 spiro atoms. The third kappa shape index (κ3) is 4.87. The molecule has 0 saturated heterocycles. The van der Waals surface area contributed by atoms with Crippen molar-refractivity contribution in [2.24, 2.45) is 0 Å². The number of nitrogens with one attached hydrogen (secondary N) is 1. The summed E-state index contributed by atoms with van der Waals surface area (Å²) in [5.74, 6) is -0.451. The van der Waals surface area contributed by atoms with Crippen LogP contribution in [0.15, 0.2) is 18.3 Å². The summed E-state index contributed by atoms with van der Waals surface area (Å²) in [5.41, 5.74) is -0.237. The molecule has 0 fully saturated rings. The summed E-state index contributed by atoms with van der Waals surface area (Å²) in [6.07, 6.45) is 1.38. The summed E-state index contributed by atoms with van der Waals surface area (Å²) in [4.78, 5) is 27.6. The number of amides is 1. The smallest absolute Gasteiger partial charge is 0.328 e. The molecular weight excluding hydrogens is 260 g/mol. The fourth-order valence-corrected chi connectivity index (χ4v) is 1.36. The molecule has 110 valence electrons. The zero-order chi connectivity index (χ0) is 15.3. The number of ether oxygens (including phenoxy) is 2. The number of pyridine rings is 1. The molecule has 1 heterocycles. The second-order valence-corrected chi connectivity index (χ2v) is 5.32. The molecule has 6 heteroatoms. The van der Waals surface area contributed by atoms with E-state index in [0.29, 0.717) is 11.4 Å². The summed E-state index contributed by atoms with van der Waals surface area (Å²) in [7, 11) is 1.49. The minimum absolute atomic E-state index is 0.348. The normalized spacial score (nSPS) is 12.4. The standard InChI is InChI=1S/C14H20N2O4/c1-9(13(18)20-14(2,3)4)16-12(17)10-6-7-11(19-5)15-8-10/h6-9H,1-5H3,(H,16,17)/t9-/m1/s1. The number of carbonyl (C=O) groups excluding carboxylic acids is 2. The zero-order valence-electron chi connectivity index (χ0n) is 12.4. The van der Waals surface area contributed by atoms with Crippen molar-refractivity contribution < 1.29 is 19.1 Å². The first-order valence-electron chi connectivity index (χ1n) is 6.26. The van der Waals surface area contributed by atoms with Crippen LogP contribution in [0.25, 0.3) is 0 Å². The number of hydrogen-bond acceptors (Lipinski definition) is 5. The van der Waals surface area contributed by atoms with E-state index in [2.05, 4.69) is 10.3 Å². The summed E-state index contributed by atoms with van der Waals surface area (Å²) in [5, 5.41) is 2.56. The summed E-state index contributed by atoms with van der Waals surface area (Å²) < 4.78 is 10.1. The van der Waals surface area contributed by atoms with E-state index in [1.165, 1.54) is 13.3 Å². The van der Waals surface area contributed by atoms with Crippen LogP contribution in [0.2, 0.25) is 0 Å². The van der Waals surface area contributed by atoms with Gasteiger partial charge in [-0.2, -0.15) is 0 Å². The lowest BCUT2D eigenvalue weighted by Crippen LogP contribution is -2.42. The van der Waals surface area contributed by atoms with E-state index in [0.717, 1.165) is 0 Å². The lowest BCUT2D eigenvalue weighted by atomic mass is 10.2. The van der Waals surface area contributed by atoms with Crippen molar-refractivity contribution >= 4 is 11.9 Å². The van der Waals surface area contributed by atoms with Crippen molar-refractivity contribution in [1.29, 1.82) is 0 Å². The zero-order valence-corrected chi connectivity index (χ0v) is 12.4. The van der Waals surface area contributed by atoms with Gasteiger partial charge < -0.3 is 14.8 Å². The van der Waals surface area contributed by atoms with Gasteiger partial charge in [0.15, 0.2) is 0 Å². The maximum atomic E-state index is 11.9. The van der Waals surface area contributed by atoms with Crippen molar-refractivity contribution in [3.05, 3.63) is 23.9 Å². The first-order chi connectivity index (χ1) is 9.23. The second-order valence-electron chi connectivity index (χ2n) is 5.32. The molecule has 1 atom stereocenters. The molecule has 0 unspecified atom stereocenters. The highest BCUT2D eigenvalue weighted by molar-refractivity contribution is 5.96. The summed E-state index contributed by atoms with van der Waals surface area (Å²) in [6.45, 7) is 6.88. The van der Waals surface area contributed by atoms with Crippen LogP contribution >= 0.6 is 0 Å². The molecule has 0 aliphatic rings. The van der Waals surface area contributed by atoms with Crippen LogP contribution in [0.3, 0.4) is 0 Å². The van der Waals surface area contributed by atoms with Gasteiger partial charge in [0, 0.05) is 12.3 Å². The monoisotopic (exact) mass is 280 g/mol. The van der Waals surface area contributed by atoms with Crippen molar-refractivity contribution in [3.63, 3.8) is 0 Å². The van der Waals surface area contributed by atoms with Crippen LogP contribution < -0.4 is 10.1 Å². The molecule has 0 aliphatic heterocycles. The molecule has 0 bridgehead atoms. The van der Waals surface area contributed by atoms with Gasteiger partial charge in [0.05, 0.1) is 12.7 Å². The van der Waals surface area contributed by atoms with Crippen LogP contribution in [-0.2, 0) is 9.53 Å². The van der Waals surface area contributed by atoms with Crippen LogP contribution in [-0.4, -0.2) is 35.6 Å². The third-order valence-electron chi connectivity index (χ3n) is 2.32. The molecule has 0 aliphatic carbocycles. The number of methoxy groups -OCH3 is 1. The minimum atomic E-state index is -0.733. The van der Waals surface area contributed by atoms with Crippen molar-refractivity contribution in [2.45, 2.75) is 39.3 Å². The largest absolute Gasteiger partial charge is 0.481 e. The van der Waals surface area contributed by atoms with Gasteiger partial charge in [-0.25, -0.2) is 9.78 Å². The van der Waals surface area contributed by atoms with Gasteiger partial charge >= 0.3 is 5.97 Å². The van der Waals surface area contributed by atoms with Gasteiger partial charge in [0.25, 0.3) is 5.91 Å². The van der Waals surface area contributed by atoms with Crippen LogP contribution in [0.5, 0.6) is 5.88 Å². The Morgan fingerprint density at radius 1 is 1.30 bits per heavy atom. The molecule has 1 aromatic heterocycles. The molecule has 0 saturated carbocycles. The first kappa shape index (κ1) is 15.9. The average Bonchev–Trinajstić information content (AvgIpc) is 2.36. The number of nitrogens with zero attached hydrogens (tertiary/aromatic N) is 1. The molecule has 0 aromatic carbocycles. The average molecular weight is 280 g/mol. The van der Waals surface area contributed by atoms with Gasteiger partial charge in [0.2, 0.25) is 5.88 Å². The summed E-state index contributed by atoms with van der Waals surface area (Å²) in [6, 6.07) is 2.42. The lowest BCUT2D eigenvalue weighted by molar-refractivity contribution is -0.156. The maximum Gasteiger partial charge on any atom is 0.328 e. The Bertz CT molecular complexity index is 477. The highest BCUT2D eigenvalue weighted by Crippen LogP contribution is 2.09. The quantitative estimate of drug-likeness (QED) is 0.847. The van der Waals surface area contributed by atoms with Gasteiger partial charge in [-0.05, 0) is 33.8 Å². The van der Waals surface area contributed by atoms with Gasteiger partial charge in [0.1, 0.15) is 11.6 Å². The molecule has 1 amide bonds. The molecule has 20 heavy (non-hydrogen) atoms. The SMILES string of the molecule is COc1ccc(C(=O)N[C@H](C)C(=O)OC(C)(C)C)cn1. The van der Waals surface area contributed by atoms with Crippen molar-refractivity contribution in [1.82, 2.24) is 10.3 Å².